The number of nitrogens with zero attached hydrogens (tertiary/aromatic N) is 1. The molecule has 1 aliphatic rings. The minimum absolute atomic E-state index is 0.134. The summed E-state index contributed by atoms with van der Waals surface area (Å²) in [5.74, 6) is -0.134. The molecule has 1 aromatic rings. The summed E-state index contributed by atoms with van der Waals surface area (Å²) in [5, 5.41) is 3.44. The maximum absolute atomic E-state index is 13.8. The summed E-state index contributed by atoms with van der Waals surface area (Å²) in [5.41, 5.74) is 0.710. The molecule has 1 aromatic carbocycles. The van der Waals surface area contributed by atoms with E-state index >= 15 is 0 Å². The Kier molecular flexibility index (Phi) is 4.40. The van der Waals surface area contributed by atoms with Gasteiger partial charge in [-0.05, 0) is 37.6 Å². The molecule has 1 atom stereocenters. The van der Waals surface area contributed by atoms with Crippen LogP contribution in [0.25, 0.3) is 0 Å². The third kappa shape index (κ3) is 3.19. The SMILES string of the molecule is CCNC1CCCN(c2cc(Br)ccc2F)C1. The van der Waals surface area contributed by atoms with Gasteiger partial charge in [-0.25, -0.2) is 4.39 Å². The molecule has 0 radical (unpaired) electrons. The van der Waals surface area contributed by atoms with Crippen molar-refractivity contribution in [3.05, 3.63) is 28.5 Å². The van der Waals surface area contributed by atoms with Gasteiger partial charge in [-0.15, -0.1) is 0 Å². The lowest BCUT2D eigenvalue weighted by molar-refractivity contribution is 0.428. The third-order valence-electron chi connectivity index (χ3n) is 3.16. The number of hydrogen-bond donors (Lipinski definition) is 1. The molecule has 1 saturated heterocycles. The number of benzene rings is 1. The molecule has 1 heterocycles. The summed E-state index contributed by atoms with van der Waals surface area (Å²) in [6.45, 7) is 4.91. The van der Waals surface area contributed by atoms with Crippen molar-refractivity contribution in [2.75, 3.05) is 24.5 Å². The van der Waals surface area contributed by atoms with Gasteiger partial charge in [-0.3, -0.25) is 0 Å². The van der Waals surface area contributed by atoms with E-state index in [1.54, 1.807) is 6.07 Å². The van der Waals surface area contributed by atoms with Gasteiger partial charge in [0.05, 0.1) is 5.69 Å². The first-order chi connectivity index (χ1) is 8.20. The maximum atomic E-state index is 13.8. The quantitative estimate of drug-likeness (QED) is 0.922. The molecule has 1 unspecified atom stereocenters. The molecule has 0 aliphatic carbocycles. The Morgan fingerprint density at radius 1 is 1.53 bits per heavy atom. The minimum Gasteiger partial charge on any atom is -0.368 e. The van der Waals surface area contributed by atoms with Crippen LogP contribution in [0, 0.1) is 5.82 Å². The zero-order chi connectivity index (χ0) is 12.3. The van der Waals surface area contributed by atoms with Crippen molar-refractivity contribution in [1.82, 2.24) is 5.32 Å². The van der Waals surface area contributed by atoms with E-state index in [1.165, 1.54) is 12.5 Å². The summed E-state index contributed by atoms with van der Waals surface area (Å²) in [7, 11) is 0. The molecular weight excluding hydrogens is 283 g/mol. The van der Waals surface area contributed by atoms with Crippen LogP contribution in [-0.2, 0) is 0 Å². The Balaban J connectivity index is 2.13. The molecule has 17 heavy (non-hydrogen) atoms. The topological polar surface area (TPSA) is 15.3 Å². The minimum atomic E-state index is -0.134. The largest absolute Gasteiger partial charge is 0.368 e. The number of hydrogen-bond acceptors (Lipinski definition) is 2. The number of piperidine rings is 1. The summed E-state index contributed by atoms with van der Waals surface area (Å²) >= 11 is 3.40. The molecule has 1 N–H and O–H groups in total. The molecule has 0 spiro atoms. The van der Waals surface area contributed by atoms with E-state index in [1.807, 2.05) is 6.07 Å². The molecule has 0 bridgehead atoms. The highest BCUT2D eigenvalue weighted by Gasteiger charge is 2.21. The van der Waals surface area contributed by atoms with Gasteiger partial charge in [-0.2, -0.15) is 0 Å². The first-order valence-electron chi connectivity index (χ1n) is 6.14. The smallest absolute Gasteiger partial charge is 0.146 e. The second-order valence-electron chi connectivity index (χ2n) is 4.44. The molecule has 94 valence electrons. The van der Waals surface area contributed by atoms with E-state index in [-0.39, 0.29) is 5.82 Å². The summed E-state index contributed by atoms with van der Waals surface area (Å²) in [6.07, 6.45) is 2.30. The third-order valence-corrected chi connectivity index (χ3v) is 3.66. The lowest BCUT2D eigenvalue weighted by atomic mass is 10.0. The number of halogens is 2. The van der Waals surface area contributed by atoms with Crippen LogP contribution in [0.15, 0.2) is 22.7 Å². The van der Waals surface area contributed by atoms with Crippen LogP contribution in [0.2, 0.25) is 0 Å². The van der Waals surface area contributed by atoms with Crippen molar-refractivity contribution >= 4 is 21.6 Å². The van der Waals surface area contributed by atoms with Crippen molar-refractivity contribution < 1.29 is 4.39 Å². The highest BCUT2D eigenvalue weighted by Crippen LogP contribution is 2.26. The van der Waals surface area contributed by atoms with E-state index < -0.39 is 0 Å². The average molecular weight is 301 g/mol. The highest BCUT2D eigenvalue weighted by molar-refractivity contribution is 9.10. The molecule has 2 rings (SSSR count). The molecule has 0 aromatic heterocycles. The van der Waals surface area contributed by atoms with Crippen LogP contribution in [-0.4, -0.2) is 25.7 Å². The average Bonchev–Trinajstić information content (AvgIpc) is 2.33. The second-order valence-corrected chi connectivity index (χ2v) is 5.35. The van der Waals surface area contributed by atoms with Gasteiger partial charge in [0.25, 0.3) is 0 Å². The van der Waals surface area contributed by atoms with Crippen LogP contribution < -0.4 is 10.2 Å². The molecule has 2 nitrogen and oxygen atoms in total. The maximum Gasteiger partial charge on any atom is 0.146 e. The molecule has 4 heteroatoms. The summed E-state index contributed by atoms with van der Waals surface area (Å²) < 4.78 is 14.7. The van der Waals surface area contributed by atoms with Gasteiger partial charge >= 0.3 is 0 Å². The van der Waals surface area contributed by atoms with Crippen LogP contribution in [0.1, 0.15) is 19.8 Å². The molecule has 1 fully saturated rings. The lowest BCUT2D eigenvalue weighted by Gasteiger charge is -2.35. The van der Waals surface area contributed by atoms with Crippen molar-refractivity contribution in [3.63, 3.8) is 0 Å². The Labute approximate surface area is 110 Å². The Morgan fingerprint density at radius 2 is 2.35 bits per heavy atom. The fourth-order valence-electron chi connectivity index (χ4n) is 2.38. The van der Waals surface area contributed by atoms with E-state index in [4.69, 9.17) is 0 Å². The van der Waals surface area contributed by atoms with E-state index in [2.05, 4.69) is 33.1 Å². The van der Waals surface area contributed by atoms with Crippen LogP contribution in [0.5, 0.6) is 0 Å². The van der Waals surface area contributed by atoms with Crippen molar-refractivity contribution in [2.45, 2.75) is 25.8 Å². The highest BCUT2D eigenvalue weighted by atomic mass is 79.9. The van der Waals surface area contributed by atoms with Gasteiger partial charge in [0.1, 0.15) is 5.82 Å². The summed E-state index contributed by atoms with van der Waals surface area (Å²) in [6, 6.07) is 5.61. The number of rotatable bonds is 3. The molecule has 0 saturated carbocycles. The molecule has 0 amide bonds. The predicted molar refractivity (Wildman–Crippen MR) is 73.0 cm³/mol. The normalized spacial score (nSPS) is 20.6. The van der Waals surface area contributed by atoms with Gasteiger partial charge in [-0.1, -0.05) is 22.9 Å². The van der Waals surface area contributed by atoms with Crippen molar-refractivity contribution in [3.8, 4) is 0 Å². The van der Waals surface area contributed by atoms with Gasteiger partial charge in [0.15, 0.2) is 0 Å². The molecular formula is C13H18BrFN2. The fraction of sp³-hybridized carbons (Fsp3) is 0.538. The van der Waals surface area contributed by atoms with E-state index in [9.17, 15) is 4.39 Å². The number of nitrogens with one attached hydrogen (secondary N) is 1. The first kappa shape index (κ1) is 12.8. The van der Waals surface area contributed by atoms with Gasteiger partial charge < -0.3 is 10.2 Å². The number of likely N-dealkylation sites (N-methyl/N-ethyl adjacent to an activating group) is 1. The van der Waals surface area contributed by atoms with Crippen LogP contribution >= 0.6 is 15.9 Å². The van der Waals surface area contributed by atoms with Crippen LogP contribution in [0.3, 0.4) is 0 Å². The zero-order valence-electron chi connectivity index (χ0n) is 10.0. The van der Waals surface area contributed by atoms with Gasteiger partial charge in [0.2, 0.25) is 0 Å². The second kappa shape index (κ2) is 5.83. The fourth-order valence-corrected chi connectivity index (χ4v) is 2.73. The Morgan fingerprint density at radius 3 is 3.12 bits per heavy atom. The standard InChI is InChI=1S/C13H18BrFN2/c1-2-16-11-4-3-7-17(9-11)13-8-10(14)5-6-12(13)15/h5-6,8,11,16H,2-4,7,9H2,1H3. The summed E-state index contributed by atoms with van der Waals surface area (Å²) in [4.78, 5) is 2.14. The van der Waals surface area contributed by atoms with Crippen LogP contribution in [0.4, 0.5) is 10.1 Å². The van der Waals surface area contributed by atoms with Gasteiger partial charge in [0, 0.05) is 23.6 Å². The first-order valence-corrected chi connectivity index (χ1v) is 6.93. The van der Waals surface area contributed by atoms with E-state index in [0.29, 0.717) is 11.7 Å². The van der Waals surface area contributed by atoms with E-state index in [0.717, 1.165) is 30.5 Å². The Hall–Kier alpha value is -0.610. The van der Waals surface area contributed by atoms with Crippen molar-refractivity contribution in [1.29, 1.82) is 0 Å². The molecule has 1 aliphatic heterocycles. The zero-order valence-corrected chi connectivity index (χ0v) is 11.6. The predicted octanol–water partition coefficient (Wildman–Crippen LogP) is 3.17. The monoisotopic (exact) mass is 300 g/mol. The lowest BCUT2D eigenvalue weighted by Crippen LogP contribution is -2.46. The number of anilines is 1. The van der Waals surface area contributed by atoms with Crippen molar-refractivity contribution in [2.24, 2.45) is 0 Å². The Bertz CT molecular complexity index is 382.